The Kier molecular flexibility index (Phi) is 8.46. The van der Waals surface area contributed by atoms with Crippen LogP contribution in [0.5, 0.6) is 0 Å². The zero-order valence-corrected chi connectivity index (χ0v) is 20.8. The predicted octanol–water partition coefficient (Wildman–Crippen LogP) is 3.22. The Bertz CT molecular complexity index is 1330. The van der Waals surface area contributed by atoms with Crippen LogP contribution in [0.4, 0.5) is 0 Å². The van der Waals surface area contributed by atoms with E-state index < -0.39 is 10.0 Å². The fourth-order valence-electron chi connectivity index (χ4n) is 3.02. The van der Waals surface area contributed by atoms with Crippen LogP contribution in [0.1, 0.15) is 25.3 Å². The van der Waals surface area contributed by atoms with Crippen LogP contribution in [0, 0.1) is 6.92 Å². The lowest BCUT2D eigenvalue weighted by Gasteiger charge is -2.06. The number of ether oxygens (including phenoxy) is 1. The predicted molar refractivity (Wildman–Crippen MR) is 130 cm³/mol. The van der Waals surface area contributed by atoms with E-state index in [1.807, 2.05) is 31.2 Å². The van der Waals surface area contributed by atoms with Gasteiger partial charge in [-0.3, -0.25) is 9.59 Å². The van der Waals surface area contributed by atoms with Crippen molar-refractivity contribution in [3.63, 3.8) is 0 Å². The molecular formula is C22H25N3O5S3. The Morgan fingerprint density at radius 1 is 1.15 bits per heavy atom. The van der Waals surface area contributed by atoms with Gasteiger partial charge < -0.3 is 9.30 Å². The number of sulfonamides is 1. The minimum Gasteiger partial charge on any atom is -0.466 e. The van der Waals surface area contributed by atoms with Gasteiger partial charge >= 0.3 is 5.97 Å². The molecule has 0 fully saturated rings. The van der Waals surface area contributed by atoms with Gasteiger partial charge in [0.1, 0.15) is 0 Å². The molecule has 0 bridgehead atoms. The molecule has 2 N–H and O–H groups in total. The Labute approximate surface area is 200 Å². The van der Waals surface area contributed by atoms with E-state index in [0.717, 1.165) is 4.90 Å². The Balaban J connectivity index is 1.85. The Morgan fingerprint density at radius 3 is 2.55 bits per heavy atom. The fraction of sp³-hybridized carbons (Fsp3) is 0.318. The standard InChI is InChI=1S/C22H25N3O5S3/c1-3-30-21(27)10-12-25-18-9-8-17(33(23,28)29)14-19(18)32-22(25)24-20(26)11-13-31-16-6-4-15(2)5-7-16/h4-9,14H,3,10-13H2,1-2H3,(H2,23,28,29). The van der Waals surface area contributed by atoms with E-state index in [0.29, 0.717) is 20.8 Å². The highest BCUT2D eigenvalue weighted by Crippen LogP contribution is 2.22. The first-order valence-corrected chi connectivity index (χ1v) is 13.6. The van der Waals surface area contributed by atoms with Crippen LogP contribution in [-0.4, -0.2) is 37.2 Å². The molecule has 3 rings (SSSR count). The summed E-state index contributed by atoms with van der Waals surface area (Å²) < 4.78 is 30.8. The van der Waals surface area contributed by atoms with Crippen molar-refractivity contribution < 1.29 is 22.7 Å². The first-order chi connectivity index (χ1) is 15.7. The van der Waals surface area contributed by atoms with E-state index in [1.54, 1.807) is 29.3 Å². The largest absolute Gasteiger partial charge is 0.466 e. The van der Waals surface area contributed by atoms with Crippen molar-refractivity contribution in [1.29, 1.82) is 0 Å². The molecule has 0 aliphatic heterocycles. The monoisotopic (exact) mass is 507 g/mol. The summed E-state index contributed by atoms with van der Waals surface area (Å²) in [4.78, 5) is 30.1. The van der Waals surface area contributed by atoms with Crippen LogP contribution in [-0.2, 0) is 30.9 Å². The number of rotatable bonds is 9. The van der Waals surface area contributed by atoms with E-state index in [-0.39, 0.29) is 42.8 Å². The summed E-state index contributed by atoms with van der Waals surface area (Å²) in [7, 11) is -3.87. The van der Waals surface area contributed by atoms with Gasteiger partial charge in [-0.05, 0) is 44.2 Å². The molecule has 0 radical (unpaired) electrons. The van der Waals surface area contributed by atoms with Crippen LogP contribution in [0.2, 0.25) is 0 Å². The van der Waals surface area contributed by atoms with Crippen LogP contribution < -0.4 is 9.94 Å². The lowest BCUT2D eigenvalue weighted by Crippen LogP contribution is -2.19. The molecule has 0 unspecified atom stereocenters. The van der Waals surface area contributed by atoms with Crippen LogP contribution in [0.15, 0.2) is 57.2 Å². The molecule has 0 atom stereocenters. The van der Waals surface area contributed by atoms with Gasteiger partial charge in [0.25, 0.3) is 0 Å². The average molecular weight is 508 g/mol. The van der Waals surface area contributed by atoms with E-state index in [2.05, 4.69) is 4.99 Å². The summed E-state index contributed by atoms with van der Waals surface area (Å²) in [6, 6.07) is 12.5. The van der Waals surface area contributed by atoms with E-state index in [4.69, 9.17) is 9.88 Å². The van der Waals surface area contributed by atoms with Crippen molar-refractivity contribution in [3.05, 3.63) is 52.8 Å². The van der Waals surface area contributed by atoms with Gasteiger partial charge in [0, 0.05) is 23.6 Å². The molecule has 2 aromatic carbocycles. The van der Waals surface area contributed by atoms with Gasteiger partial charge in [-0.15, -0.1) is 11.8 Å². The van der Waals surface area contributed by atoms with E-state index >= 15 is 0 Å². The summed E-state index contributed by atoms with van der Waals surface area (Å²) in [6.07, 6.45) is 0.342. The first kappa shape index (κ1) is 25.2. The number of fused-ring (bicyclic) bond motifs is 1. The van der Waals surface area contributed by atoms with Gasteiger partial charge in [-0.1, -0.05) is 29.0 Å². The maximum absolute atomic E-state index is 12.6. The quantitative estimate of drug-likeness (QED) is 0.351. The van der Waals surface area contributed by atoms with Crippen molar-refractivity contribution in [2.24, 2.45) is 10.1 Å². The maximum atomic E-state index is 12.6. The summed E-state index contributed by atoms with van der Waals surface area (Å²) in [5.41, 5.74) is 1.84. The van der Waals surface area contributed by atoms with Crippen molar-refractivity contribution in [2.45, 2.75) is 43.0 Å². The number of amides is 1. The number of thiazole rings is 1. The number of hydrogen-bond acceptors (Lipinski definition) is 7. The highest BCUT2D eigenvalue weighted by molar-refractivity contribution is 7.99. The number of hydrogen-bond donors (Lipinski definition) is 1. The van der Waals surface area contributed by atoms with Crippen LogP contribution in [0.25, 0.3) is 10.2 Å². The molecule has 33 heavy (non-hydrogen) atoms. The zero-order chi connectivity index (χ0) is 24.0. The number of aryl methyl sites for hydroxylation is 2. The number of aromatic nitrogens is 1. The molecule has 0 spiro atoms. The molecule has 1 aromatic heterocycles. The minimum absolute atomic E-state index is 0.0267. The van der Waals surface area contributed by atoms with Crippen molar-refractivity contribution in [3.8, 4) is 0 Å². The number of esters is 1. The highest BCUT2D eigenvalue weighted by Gasteiger charge is 2.14. The third kappa shape index (κ3) is 7.00. The number of carbonyl (C=O) groups is 2. The third-order valence-electron chi connectivity index (χ3n) is 4.65. The second-order valence-corrected chi connectivity index (χ2v) is 10.9. The molecule has 3 aromatic rings. The molecule has 0 saturated heterocycles. The molecular weight excluding hydrogens is 482 g/mol. The van der Waals surface area contributed by atoms with Gasteiger partial charge in [0.2, 0.25) is 15.9 Å². The van der Waals surface area contributed by atoms with Gasteiger partial charge in [-0.25, -0.2) is 13.6 Å². The van der Waals surface area contributed by atoms with Crippen LogP contribution in [0.3, 0.4) is 0 Å². The molecule has 0 aliphatic carbocycles. The second kappa shape index (κ2) is 11.1. The Hall–Kier alpha value is -2.47. The highest BCUT2D eigenvalue weighted by atomic mass is 32.2. The molecule has 0 aliphatic rings. The number of nitrogens with two attached hydrogens (primary N) is 1. The van der Waals surface area contributed by atoms with Crippen molar-refractivity contribution in [2.75, 3.05) is 12.4 Å². The van der Waals surface area contributed by atoms with Crippen LogP contribution >= 0.6 is 23.1 Å². The third-order valence-corrected chi connectivity index (χ3v) is 7.62. The smallest absolute Gasteiger partial charge is 0.307 e. The minimum atomic E-state index is -3.87. The molecule has 8 nitrogen and oxygen atoms in total. The average Bonchev–Trinajstić information content (AvgIpc) is 3.09. The normalized spacial score (nSPS) is 12.3. The number of carbonyl (C=O) groups excluding carboxylic acids is 2. The first-order valence-electron chi connectivity index (χ1n) is 10.3. The maximum Gasteiger partial charge on any atom is 0.307 e. The number of thioether (sulfide) groups is 1. The van der Waals surface area contributed by atoms with Gasteiger partial charge in [-0.2, -0.15) is 4.99 Å². The summed E-state index contributed by atoms with van der Waals surface area (Å²) in [6.45, 7) is 4.27. The second-order valence-electron chi connectivity index (χ2n) is 7.18. The summed E-state index contributed by atoms with van der Waals surface area (Å²) in [5, 5.41) is 5.25. The summed E-state index contributed by atoms with van der Waals surface area (Å²) in [5.74, 6) is -0.0793. The number of primary sulfonamides is 1. The SMILES string of the molecule is CCOC(=O)CCn1c(=NC(=O)CCSc2ccc(C)cc2)sc2cc(S(N)(=O)=O)ccc21. The van der Waals surface area contributed by atoms with E-state index in [1.165, 1.54) is 29.0 Å². The van der Waals surface area contributed by atoms with Gasteiger partial charge in [0.15, 0.2) is 4.80 Å². The fourth-order valence-corrected chi connectivity index (χ4v) is 5.59. The lowest BCUT2D eigenvalue weighted by atomic mass is 10.2. The topological polar surface area (TPSA) is 121 Å². The molecule has 1 heterocycles. The molecule has 1 amide bonds. The molecule has 11 heteroatoms. The van der Waals surface area contributed by atoms with E-state index in [9.17, 15) is 18.0 Å². The Morgan fingerprint density at radius 2 is 1.88 bits per heavy atom. The van der Waals surface area contributed by atoms with Crippen molar-refractivity contribution in [1.82, 2.24) is 4.57 Å². The number of benzene rings is 2. The lowest BCUT2D eigenvalue weighted by molar-refractivity contribution is -0.143. The van der Waals surface area contributed by atoms with Gasteiger partial charge in [0.05, 0.1) is 28.1 Å². The number of nitrogens with zero attached hydrogens (tertiary/aromatic N) is 2. The van der Waals surface area contributed by atoms with Crippen molar-refractivity contribution >= 4 is 55.2 Å². The zero-order valence-electron chi connectivity index (χ0n) is 18.3. The summed E-state index contributed by atoms with van der Waals surface area (Å²) >= 11 is 2.75. The molecule has 0 saturated carbocycles. The molecule has 176 valence electrons.